The molecule has 2 rings (SSSR count). The molecular formula is C14H32N2O6Si. The zero-order valence-corrected chi connectivity index (χ0v) is 15.5. The highest BCUT2D eigenvalue weighted by molar-refractivity contribution is 6.60. The molecule has 0 aliphatic carbocycles. The van der Waals surface area contributed by atoms with Crippen LogP contribution in [-0.4, -0.2) is 81.4 Å². The van der Waals surface area contributed by atoms with Gasteiger partial charge in [0.15, 0.2) is 0 Å². The summed E-state index contributed by atoms with van der Waals surface area (Å²) in [6.45, 7) is 3.87. The van der Waals surface area contributed by atoms with Gasteiger partial charge in [0.1, 0.15) is 12.2 Å². The number of rotatable bonds is 12. The van der Waals surface area contributed by atoms with Crippen LogP contribution < -0.4 is 11.5 Å². The average molecular weight is 353 g/mol. The third kappa shape index (κ3) is 9.70. The van der Waals surface area contributed by atoms with Crippen LogP contribution in [0.25, 0.3) is 0 Å². The molecule has 4 N–H and O–H groups in total. The van der Waals surface area contributed by atoms with Gasteiger partial charge in [0.25, 0.3) is 0 Å². The maximum Gasteiger partial charge on any atom is 0.500 e. The quantitative estimate of drug-likeness (QED) is 0.364. The average Bonchev–Trinajstić information content (AvgIpc) is 3.46. The van der Waals surface area contributed by atoms with E-state index in [9.17, 15) is 0 Å². The molecule has 9 heteroatoms. The molecule has 0 radical (unpaired) electrons. The summed E-state index contributed by atoms with van der Waals surface area (Å²) in [4.78, 5) is 0. The van der Waals surface area contributed by atoms with E-state index in [-0.39, 0.29) is 6.04 Å². The molecule has 23 heavy (non-hydrogen) atoms. The van der Waals surface area contributed by atoms with Crippen LogP contribution in [0.15, 0.2) is 0 Å². The standard InChI is InChI=1S/C8H22N2O3Si.C6H10O3/c1-11-14(12-2,13-3)7-5-8(10)4-6-9;1(5-3-8-5)7-2-6-4-9-6/h8H,4-7,9-10H2,1-3H3;5-6H,1-4H2. The number of ether oxygens (including phenoxy) is 3. The Kier molecular flexibility index (Phi) is 10.4. The lowest BCUT2D eigenvalue weighted by Crippen LogP contribution is -2.44. The minimum atomic E-state index is -2.43. The third-order valence-electron chi connectivity index (χ3n) is 3.70. The second kappa shape index (κ2) is 11.5. The van der Waals surface area contributed by atoms with Crippen LogP contribution in [-0.2, 0) is 27.5 Å². The SMILES string of the molecule is C(OCC1CO1)C1CO1.CO[Si](CCC(N)CCN)(OC)OC. The molecule has 0 bridgehead atoms. The van der Waals surface area contributed by atoms with E-state index in [4.69, 9.17) is 39.0 Å². The molecule has 3 unspecified atom stereocenters. The minimum Gasteiger partial charge on any atom is -0.377 e. The molecule has 8 nitrogen and oxygen atoms in total. The molecule has 0 spiro atoms. The normalized spacial score (nSPS) is 23.9. The smallest absolute Gasteiger partial charge is 0.377 e. The van der Waals surface area contributed by atoms with E-state index < -0.39 is 8.80 Å². The molecule has 0 aromatic rings. The maximum atomic E-state index is 5.83. The predicted molar refractivity (Wildman–Crippen MR) is 88.2 cm³/mol. The first kappa shape index (κ1) is 20.9. The lowest BCUT2D eigenvalue weighted by molar-refractivity contribution is 0.102. The van der Waals surface area contributed by atoms with E-state index in [1.165, 1.54) is 0 Å². The number of nitrogens with two attached hydrogens (primary N) is 2. The third-order valence-corrected chi connectivity index (χ3v) is 6.47. The Labute approximate surface area is 140 Å². The minimum absolute atomic E-state index is 0.104. The molecule has 2 aliphatic heterocycles. The second-order valence-corrected chi connectivity index (χ2v) is 8.71. The van der Waals surface area contributed by atoms with Crippen molar-refractivity contribution in [3.8, 4) is 0 Å². The Hall–Kier alpha value is -0.103. The molecule has 138 valence electrons. The van der Waals surface area contributed by atoms with Crippen LogP contribution in [0.5, 0.6) is 0 Å². The molecule has 0 aromatic heterocycles. The highest BCUT2D eigenvalue weighted by Gasteiger charge is 2.37. The number of epoxide rings is 2. The van der Waals surface area contributed by atoms with Crippen molar-refractivity contribution >= 4 is 8.80 Å². The molecule has 2 heterocycles. The van der Waals surface area contributed by atoms with Gasteiger partial charge < -0.3 is 39.0 Å². The molecule has 2 fully saturated rings. The molecular weight excluding hydrogens is 320 g/mol. The molecule has 2 saturated heterocycles. The summed E-state index contributed by atoms with van der Waals surface area (Å²) in [6, 6.07) is 0.838. The van der Waals surface area contributed by atoms with Crippen molar-refractivity contribution in [3.05, 3.63) is 0 Å². The summed E-state index contributed by atoms with van der Waals surface area (Å²) in [5.41, 5.74) is 11.2. The first-order valence-electron chi connectivity index (χ1n) is 8.01. The second-order valence-electron chi connectivity index (χ2n) is 5.62. The Bertz CT molecular complexity index is 281. The maximum absolute atomic E-state index is 5.83. The van der Waals surface area contributed by atoms with E-state index in [0.29, 0.717) is 18.8 Å². The molecule has 0 amide bonds. The van der Waals surface area contributed by atoms with E-state index in [1.807, 2.05) is 0 Å². The first-order chi connectivity index (χ1) is 11.1. The topological polar surface area (TPSA) is 114 Å². The van der Waals surface area contributed by atoms with Crippen LogP contribution in [0, 0.1) is 0 Å². The number of hydrogen-bond acceptors (Lipinski definition) is 8. The Morgan fingerprint density at radius 1 is 1.00 bits per heavy atom. The van der Waals surface area contributed by atoms with E-state index >= 15 is 0 Å². The van der Waals surface area contributed by atoms with Gasteiger partial charge in [-0.25, -0.2) is 0 Å². The van der Waals surface area contributed by atoms with Gasteiger partial charge in [-0.1, -0.05) is 0 Å². The highest BCUT2D eigenvalue weighted by Crippen LogP contribution is 2.16. The van der Waals surface area contributed by atoms with Crippen molar-refractivity contribution in [2.45, 2.75) is 37.1 Å². The highest BCUT2D eigenvalue weighted by atomic mass is 28.4. The van der Waals surface area contributed by atoms with Gasteiger partial charge >= 0.3 is 8.80 Å². The summed E-state index contributed by atoms with van der Waals surface area (Å²) in [7, 11) is 2.38. The lowest BCUT2D eigenvalue weighted by atomic mass is 10.2. The van der Waals surface area contributed by atoms with Crippen LogP contribution in [0.2, 0.25) is 6.04 Å². The lowest BCUT2D eigenvalue weighted by Gasteiger charge is -2.25. The van der Waals surface area contributed by atoms with Crippen molar-refractivity contribution in [1.82, 2.24) is 0 Å². The van der Waals surface area contributed by atoms with Crippen molar-refractivity contribution in [2.24, 2.45) is 11.5 Å². The van der Waals surface area contributed by atoms with Gasteiger partial charge in [-0.15, -0.1) is 0 Å². The molecule has 0 saturated carbocycles. The Morgan fingerprint density at radius 3 is 1.83 bits per heavy atom. The molecule has 2 aliphatic rings. The summed E-state index contributed by atoms with van der Waals surface area (Å²) in [5.74, 6) is 0. The zero-order valence-electron chi connectivity index (χ0n) is 14.5. The predicted octanol–water partition coefficient (Wildman–Crippen LogP) is -0.269. The van der Waals surface area contributed by atoms with Gasteiger partial charge in [-0.3, -0.25) is 0 Å². The summed E-state index contributed by atoms with van der Waals surface area (Å²) in [5, 5.41) is 0. The van der Waals surface area contributed by atoms with Gasteiger partial charge in [0.2, 0.25) is 0 Å². The Morgan fingerprint density at radius 2 is 1.48 bits per heavy atom. The van der Waals surface area contributed by atoms with Crippen LogP contribution in [0.1, 0.15) is 12.8 Å². The monoisotopic (exact) mass is 352 g/mol. The van der Waals surface area contributed by atoms with Crippen molar-refractivity contribution in [1.29, 1.82) is 0 Å². The van der Waals surface area contributed by atoms with Crippen LogP contribution >= 0.6 is 0 Å². The fraction of sp³-hybridized carbons (Fsp3) is 1.00. The fourth-order valence-electron chi connectivity index (χ4n) is 1.94. The summed E-state index contributed by atoms with van der Waals surface area (Å²) >= 11 is 0. The van der Waals surface area contributed by atoms with Gasteiger partial charge in [0.05, 0.1) is 26.4 Å². The largest absolute Gasteiger partial charge is 0.500 e. The fourth-order valence-corrected chi connectivity index (χ4v) is 3.77. The van der Waals surface area contributed by atoms with Crippen molar-refractivity contribution in [3.63, 3.8) is 0 Å². The summed E-state index contributed by atoms with van der Waals surface area (Å²) in [6.07, 6.45) is 2.42. The van der Waals surface area contributed by atoms with Crippen molar-refractivity contribution < 1.29 is 27.5 Å². The Balaban J connectivity index is 0.000000248. The molecule has 0 aromatic carbocycles. The first-order valence-corrected chi connectivity index (χ1v) is 9.94. The van der Waals surface area contributed by atoms with E-state index in [2.05, 4.69) is 0 Å². The van der Waals surface area contributed by atoms with Gasteiger partial charge in [-0.2, -0.15) is 0 Å². The number of hydrogen-bond donors (Lipinski definition) is 2. The van der Waals surface area contributed by atoms with Crippen LogP contribution in [0.4, 0.5) is 0 Å². The van der Waals surface area contributed by atoms with Crippen LogP contribution in [0.3, 0.4) is 0 Å². The molecule has 3 atom stereocenters. The van der Waals surface area contributed by atoms with E-state index in [1.54, 1.807) is 21.3 Å². The summed E-state index contributed by atoms with van der Waals surface area (Å²) < 4.78 is 30.9. The van der Waals surface area contributed by atoms with E-state index in [0.717, 1.165) is 45.3 Å². The zero-order chi connectivity index (χ0) is 17.1. The van der Waals surface area contributed by atoms with Gasteiger partial charge in [-0.05, 0) is 19.4 Å². The van der Waals surface area contributed by atoms with Gasteiger partial charge in [0, 0.05) is 33.4 Å². The van der Waals surface area contributed by atoms with Crippen molar-refractivity contribution in [2.75, 3.05) is 54.3 Å².